The number of rotatable bonds is 6. The maximum atomic E-state index is 15.2. The molecule has 58 heavy (non-hydrogen) atoms. The van der Waals surface area contributed by atoms with Gasteiger partial charge in [0.2, 0.25) is 17.8 Å². The molecule has 0 spiro atoms. The predicted octanol–water partition coefficient (Wildman–Crippen LogP) is 6.61. The minimum absolute atomic E-state index is 0.0333. The topological polar surface area (TPSA) is 117 Å². The van der Waals surface area contributed by atoms with Crippen LogP contribution in [-0.4, -0.2) is 74.5 Å². The highest BCUT2D eigenvalue weighted by Gasteiger charge is 2.42. The summed E-state index contributed by atoms with van der Waals surface area (Å²) in [6.45, 7) is 8.21. The number of hydrogen-bond acceptors (Lipinski definition) is 9. The Morgan fingerprint density at radius 2 is 1.59 bits per heavy atom. The molecule has 7 heterocycles. The van der Waals surface area contributed by atoms with E-state index in [1.807, 2.05) is 30.6 Å². The van der Waals surface area contributed by atoms with Crippen molar-refractivity contribution in [1.82, 2.24) is 29.7 Å². The van der Waals surface area contributed by atoms with Crippen molar-refractivity contribution in [3.05, 3.63) is 115 Å². The summed E-state index contributed by atoms with van der Waals surface area (Å²) in [5.41, 5.74) is 5.05. The molecule has 4 saturated heterocycles. The largest absolute Gasteiger partial charge is 0.368 e. The number of benzene rings is 3. The number of piperazine rings is 1. The monoisotopic (exact) mass is 848 g/mol. The molecule has 2 amide bonds. The fraction of sp³-hybridized carbons (Fsp3) is 0.409. The Labute approximate surface area is 342 Å². The number of carbonyl (C=O) groups is 2. The van der Waals surface area contributed by atoms with Gasteiger partial charge in [-0.25, -0.2) is 18.7 Å². The van der Waals surface area contributed by atoms with E-state index in [1.54, 1.807) is 0 Å². The van der Waals surface area contributed by atoms with Crippen molar-refractivity contribution in [2.45, 2.75) is 88.3 Å². The lowest BCUT2D eigenvalue weighted by Crippen LogP contribution is -2.53. The number of aromatic nitrogens is 4. The standard InChI is InChI=1S/C44H43BrF2N8O3/c1-44(2)31-10-8-27(18-36(31)55-35-5-3-4-32(45)39(35)41(58)51-42(44)55)53-22-28-6-7-29(23-53)54(28)21-24-19-48-43(49-20-24)52-14-12-25(13-15-52)26-16-33(46)38(34(47)17-26)30-9-11-37(56)50-40(30)57/h3-5,8,10,16-20,25,28-30H,6-7,9,11-15,21-23H2,1-2H3,(H,50,56,57). The van der Waals surface area contributed by atoms with E-state index in [2.05, 4.69) is 77.5 Å². The first-order valence-corrected chi connectivity index (χ1v) is 21.0. The van der Waals surface area contributed by atoms with E-state index in [0.717, 1.165) is 65.1 Å². The smallest absolute Gasteiger partial charge is 0.281 e. The summed E-state index contributed by atoms with van der Waals surface area (Å²) in [6, 6.07) is 16.1. The van der Waals surface area contributed by atoms with Gasteiger partial charge in [-0.15, -0.1) is 0 Å². The van der Waals surface area contributed by atoms with Gasteiger partial charge < -0.3 is 9.80 Å². The lowest BCUT2D eigenvalue weighted by atomic mass is 9.85. The molecule has 3 atom stereocenters. The van der Waals surface area contributed by atoms with Crippen LogP contribution in [-0.2, 0) is 21.5 Å². The molecule has 0 saturated carbocycles. The van der Waals surface area contributed by atoms with E-state index in [1.165, 1.54) is 17.8 Å². The molecule has 5 aliphatic heterocycles. The highest BCUT2D eigenvalue weighted by molar-refractivity contribution is 9.10. The Morgan fingerprint density at radius 3 is 2.28 bits per heavy atom. The van der Waals surface area contributed by atoms with Crippen LogP contribution in [0.2, 0.25) is 0 Å². The van der Waals surface area contributed by atoms with Gasteiger partial charge in [0.25, 0.3) is 5.56 Å². The highest BCUT2D eigenvalue weighted by Crippen LogP contribution is 2.45. The van der Waals surface area contributed by atoms with Gasteiger partial charge in [0, 0.05) is 84.9 Å². The molecule has 4 fully saturated rings. The molecule has 5 aromatic rings. The van der Waals surface area contributed by atoms with Gasteiger partial charge in [-0.3, -0.25) is 29.2 Å². The third kappa shape index (κ3) is 6.13. The molecule has 5 aliphatic rings. The van der Waals surface area contributed by atoms with Crippen molar-refractivity contribution in [1.29, 1.82) is 0 Å². The van der Waals surface area contributed by atoms with Crippen molar-refractivity contribution >= 4 is 50.3 Å². The molecule has 0 radical (unpaired) electrons. The molecule has 2 bridgehead atoms. The van der Waals surface area contributed by atoms with Crippen molar-refractivity contribution in [2.24, 2.45) is 0 Å². The molecule has 298 valence electrons. The van der Waals surface area contributed by atoms with Gasteiger partial charge in [0.1, 0.15) is 17.5 Å². The SMILES string of the molecule is CC1(C)c2ccc(N3CC4CCC(C3)N4Cc3cnc(N4CCC(c5cc(F)c(C6CCC(=O)NC6=O)c(F)c5)CC4)nc3)cc2-n2c1nc(=O)c1c(Br)cccc12. The molecule has 11 nitrogen and oxygen atoms in total. The summed E-state index contributed by atoms with van der Waals surface area (Å²) in [4.78, 5) is 58.4. The first-order chi connectivity index (χ1) is 27.9. The lowest BCUT2D eigenvalue weighted by molar-refractivity contribution is -0.134. The fourth-order valence-corrected chi connectivity index (χ4v) is 10.8. The van der Waals surface area contributed by atoms with Crippen LogP contribution >= 0.6 is 15.9 Å². The number of fused-ring (bicyclic) bond motifs is 7. The average Bonchev–Trinajstić information content (AvgIpc) is 3.56. The van der Waals surface area contributed by atoms with Gasteiger partial charge >= 0.3 is 0 Å². The van der Waals surface area contributed by atoms with E-state index in [4.69, 9.17) is 9.97 Å². The first kappa shape index (κ1) is 37.2. The third-order valence-corrected chi connectivity index (χ3v) is 14.0. The van der Waals surface area contributed by atoms with Gasteiger partial charge in [0.05, 0.1) is 27.9 Å². The third-order valence-electron chi connectivity index (χ3n) is 13.3. The van der Waals surface area contributed by atoms with Crippen LogP contribution in [0.1, 0.15) is 92.3 Å². The molecule has 10 rings (SSSR count). The van der Waals surface area contributed by atoms with Gasteiger partial charge in [-0.05, 0) is 115 Å². The van der Waals surface area contributed by atoms with Crippen LogP contribution < -0.4 is 20.7 Å². The molecule has 2 aromatic heterocycles. The zero-order valence-corrected chi connectivity index (χ0v) is 33.9. The number of halogens is 3. The fourth-order valence-electron chi connectivity index (χ4n) is 10.3. The van der Waals surface area contributed by atoms with Crippen molar-refractivity contribution in [2.75, 3.05) is 36.0 Å². The Kier molecular flexibility index (Phi) is 9.01. The van der Waals surface area contributed by atoms with Gasteiger partial charge in [-0.1, -0.05) is 12.1 Å². The predicted molar refractivity (Wildman–Crippen MR) is 219 cm³/mol. The lowest BCUT2D eigenvalue weighted by Gasteiger charge is -2.42. The molecule has 14 heteroatoms. The van der Waals surface area contributed by atoms with Crippen LogP contribution in [0.5, 0.6) is 0 Å². The number of piperidine rings is 2. The van der Waals surface area contributed by atoms with Crippen LogP contribution in [0.3, 0.4) is 0 Å². The second-order valence-corrected chi connectivity index (χ2v) is 17.9. The quantitative estimate of drug-likeness (QED) is 0.189. The Balaban J connectivity index is 0.790. The summed E-state index contributed by atoms with van der Waals surface area (Å²) in [7, 11) is 0. The zero-order chi connectivity index (χ0) is 40.0. The van der Waals surface area contributed by atoms with Crippen molar-refractivity contribution < 1.29 is 18.4 Å². The maximum absolute atomic E-state index is 15.2. The maximum Gasteiger partial charge on any atom is 0.281 e. The summed E-state index contributed by atoms with van der Waals surface area (Å²) >= 11 is 3.59. The van der Waals surface area contributed by atoms with E-state index >= 15 is 8.78 Å². The van der Waals surface area contributed by atoms with Gasteiger partial charge in [0.15, 0.2) is 0 Å². The van der Waals surface area contributed by atoms with E-state index in [-0.39, 0.29) is 29.9 Å². The Morgan fingerprint density at radius 1 is 0.879 bits per heavy atom. The summed E-state index contributed by atoms with van der Waals surface area (Å²) in [5, 5.41) is 2.79. The van der Waals surface area contributed by atoms with Crippen molar-refractivity contribution in [3.63, 3.8) is 0 Å². The number of nitrogens with one attached hydrogen (secondary N) is 1. The van der Waals surface area contributed by atoms with Crippen molar-refractivity contribution in [3.8, 4) is 5.69 Å². The minimum atomic E-state index is -1.01. The number of nitrogens with zero attached hydrogens (tertiary/aromatic N) is 7. The molecule has 3 unspecified atom stereocenters. The molecular formula is C44H43BrF2N8O3. The Bertz CT molecular complexity index is 2540. The second kappa shape index (κ2) is 14.0. The highest BCUT2D eigenvalue weighted by atomic mass is 79.9. The van der Waals surface area contributed by atoms with E-state index < -0.39 is 34.8 Å². The van der Waals surface area contributed by atoms with Gasteiger partial charge in [-0.2, -0.15) is 4.98 Å². The summed E-state index contributed by atoms with van der Waals surface area (Å²) in [6.07, 6.45) is 7.66. The van der Waals surface area contributed by atoms with Crippen LogP contribution in [0.15, 0.2) is 70.2 Å². The second-order valence-electron chi connectivity index (χ2n) is 17.1. The summed E-state index contributed by atoms with van der Waals surface area (Å²) < 4.78 is 33.4. The zero-order valence-electron chi connectivity index (χ0n) is 32.4. The molecule has 0 aliphatic carbocycles. The number of imide groups is 1. The number of anilines is 2. The van der Waals surface area contributed by atoms with E-state index in [9.17, 15) is 14.4 Å². The van der Waals surface area contributed by atoms with E-state index in [0.29, 0.717) is 54.9 Å². The normalized spacial score (nSPS) is 23.0. The average molecular weight is 850 g/mol. The molecule has 1 N–H and O–H groups in total. The number of hydrogen-bond donors (Lipinski definition) is 1. The Hall–Kier alpha value is -5.08. The van der Waals surface area contributed by atoms with Crippen LogP contribution in [0.4, 0.5) is 20.4 Å². The van der Waals surface area contributed by atoms with Crippen LogP contribution in [0, 0.1) is 11.6 Å². The number of carbonyl (C=O) groups excluding carboxylic acids is 2. The summed E-state index contributed by atoms with van der Waals surface area (Å²) in [5.74, 6) is -2.16. The first-order valence-electron chi connectivity index (χ1n) is 20.2. The number of amides is 2. The van der Waals surface area contributed by atoms with Crippen LogP contribution in [0.25, 0.3) is 16.6 Å². The molecular weight excluding hydrogens is 806 g/mol. The molecule has 3 aromatic carbocycles. The minimum Gasteiger partial charge on any atom is -0.368 e.